The highest BCUT2D eigenvalue weighted by molar-refractivity contribution is 9.10. The zero-order valence-electron chi connectivity index (χ0n) is 17.7. The molecule has 5 nitrogen and oxygen atoms in total. The first kappa shape index (κ1) is 24.2. The molecule has 0 unspecified atom stereocenters. The molecular weight excluding hydrogens is 464 g/mol. The third-order valence-corrected chi connectivity index (χ3v) is 4.92. The van der Waals surface area contributed by atoms with E-state index in [1.165, 1.54) is 0 Å². The maximum atomic E-state index is 12.8. The highest BCUT2D eigenvalue weighted by Gasteiger charge is 2.15. The Balaban J connectivity index is 1.98. The summed E-state index contributed by atoms with van der Waals surface area (Å²) in [5.41, 5.74) is 1.17. The van der Waals surface area contributed by atoms with Gasteiger partial charge in [0, 0.05) is 16.2 Å². The Labute approximate surface area is 192 Å². The van der Waals surface area contributed by atoms with Crippen LogP contribution in [0.25, 0.3) is 0 Å². The molecule has 0 saturated carbocycles. The number of carbonyl (C=O) groups excluding carboxylic acids is 1. The Kier molecular flexibility index (Phi) is 10.1. The van der Waals surface area contributed by atoms with Gasteiger partial charge in [-0.1, -0.05) is 49.2 Å². The molecule has 0 fully saturated rings. The smallest absolute Gasteiger partial charge is 0.261 e. The molecule has 0 aromatic heterocycles. The van der Waals surface area contributed by atoms with E-state index in [-0.39, 0.29) is 11.0 Å². The average molecular weight is 493 g/mol. The number of carbonyl (C=O) groups is 1. The van der Waals surface area contributed by atoms with Crippen molar-refractivity contribution in [1.82, 2.24) is 5.32 Å². The predicted molar refractivity (Wildman–Crippen MR) is 130 cm³/mol. The Bertz CT molecular complexity index is 858. The number of amides is 1. The number of rotatable bonds is 10. The summed E-state index contributed by atoms with van der Waals surface area (Å²) >= 11 is 8.73. The van der Waals surface area contributed by atoms with E-state index < -0.39 is 0 Å². The first-order valence-electron chi connectivity index (χ1n) is 10.2. The highest BCUT2D eigenvalue weighted by Crippen LogP contribution is 2.24. The van der Waals surface area contributed by atoms with Crippen molar-refractivity contribution < 1.29 is 14.3 Å². The molecule has 0 radical (unpaired) electrons. The van der Waals surface area contributed by atoms with Gasteiger partial charge in [0.15, 0.2) is 5.11 Å². The molecule has 0 aliphatic carbocycles. The van der Waals surface area contributed by atoms with Gasteiger partial charge in [0.25, 0.3) is 5.91 Å². The lowest BCUT2D eigenvalue weighted by atomic mass is 10.1. The zero-order valence-corrected chi connectivity index (χ0v) is 20.1. The van der Waals surface area contributed by atoms with E-state index in [1.54, 1.807) is 12.1 Å². The molecule has 0 atom stereocenters. The third-order valence-electron chi connectivity index (χ3n) is 4.22. The Morgan fingerprint density at radius 1 is 1.13 bits per heavy atom. The van der Waals surface area contributed by atoms with Crippen LogP contribution in [0.2, 0.25) is 0 Å². The lowest BCUT2D eigenvalue weighted by molar-refractivity contribution is 0.0973. The first-order valence-corrected chi connectivity index (χ1v) is 11.4. The monoisotopic (exact) mass is 492 g/mol. The van der Waals surface area contributed by atoms with Gasteiger partial charge in [-0.15, -0.1) is 0 Å². The molecule has 1 amide bonds. The Hall–Kier alpha value is -2.12. The lowest BCUT2D eigenvalue weighted by Crippen LogP contribution is -2.34. The van der Waals surface area contributed by atoms with Gasteiger partial charge in [0.05, 0.1) is 18.8 Å². The molecule has 7 heteroatoms. The number of hydrogen-bond acceptors (Lipinski definition) is 4. The molecule has 2 rings (SSSR count). The van der Waals surface area contributed by atoms with Crippen molar-refractivity contribution in [2.24, 2.45) is 5.92 Å². The van der Waals surface area contributed by atoms with E-state index in [0.717, 1.165) is 35.2 Å². The van der Waals surface area contributed by atoms with E-state index >= 15 is 0 Å². The fourth-order valence-electron chi connectivity index (χ4n) is 2.54. The van der Waals surface area contributed by atoms with E-state index in [1.807, 2.05) is 30.3 Å². The number of nitrogens with one attached hydrogen (secondary N) is 2. The van der Waals surface area contributed by atoms with Gasteiger partial charge < -0.3 is 14.8 Å². The molecule has 30 heavy (non-hydrogen) atoms. The summed E-state index contributed by atoms with van der Waals surface area (Å²) in [5.74, 6) is 1.55. The van der Waals surface area contributed by atoms with Crippen LogP contribution >= 0.6 is 28.1 Å². The van der Waals surface area contributed by atoms with E-state index in [4.69, 9.17) is 21.7 Å². The zero-order chi connectivity index (χ0) is 21.9. The Morgan fingerprint density at radius 3 is 2.67 bits per heavy atom. The molecule has 0 bridgehead atoms. The van der Waals surface area contributed by atoms with Gasteiger partial charge in [-0.05, 0) is 61.3 Å². The van der Waals surface area contributed by atoms with Gasteiger partial charge in [0.1, 0.15) is 11.5 Å². The molecule has 0 saturated heterocycles. The normalized spacial score (nSPS) is 10.6. The number of ether oxygens (including phenoxy) is 2. The minimum atomic E-state index is -0.329. The molecule has 0 aliphatic heterocycles. The fourth-order valence-corrected chi connectivity index (χ4v) is 3.11. The maximum absolute atomic E-state index is 12.8. The van der Waals surface area contributed by atoms with E-state index in [0.29, 0.717) is 30.4 Å². The van der Waals surface area contributed by atoms with Crippen LogP contribution in [-0.2, 0) is 0 Å². The fraction of sp³-hybridized carbons (Fsp3) is 0.391. The van der Waals surface area contributed by atoms with Crippen LogP contribution in [0.5, 0.6) is 11.5 Å². The van der Waals surface area contributed by atoms with Crippen LogP contribution in [-0.4, -0.2) is 24.2 Å². The molecule has 2 aromatic rings. The number of hydrogen-bond donors (Lipinski definition) is 2. The van der Waals surface area contributed by atoms with Crippen LogP contribution in [0, 0.1) is 5.92 Å². The second kappa shape index (κ2) is 12.5. The SMILES string of the molecule is CCCCOc1ccc(Br)cc1C(=O)NC(=S)Nc1cccc(OCCC(C)C)c1. The molecule has 0 heterocycles. The first-order chi connectivity index (χ1) is 14.4. The van der Waals surface area contributed by atoms with Crippen molar-refractivity contribution >= 4 is 44.9 Å². The second-order valence-corrected chi connectivity index (χ2v) is 8.63. The molecule has 2 N–H and O–H groups in total. The summed E-state index contributed by atoms with van der Waals surface area (Å²) in [6, 6.07) is 12.9. The maximum Gasteiger partial charge on any atom is 0.261 e. The van der Waals surface area contributed by atoms with Crippen molar-refractivity contribution in [2.45, 2.75) is 40.0 Å². The van der Waals surface area contributed by atoms with Crippen molar-refractivity contribution in [3.05, 3.63) is 52.5 Å². The molecule has 162 valence electrons. The van der Waals surface area contributed by atoms with Crippen molar-refractivity contribution in [2.75, 3.05) is 18.5 Å². The summed E-state index contributed by atoms with van der Waals surface area (Å²) in [7, 11) is 0. The number of halogens is 1. The summed E-state index contributed by atoms with van der Waals surface area (Å²) < 4.78 is 12.3. The summed E-state index contributed by atoms with van der Waals surface area (Å²) in [6.07, 6.45) is 2.93. The number of thiocarbonyl (C=S) groups is 1. The molecule has 0 aliphatic rings. The summed E-state index contributed by atoms with van der Waals surface area (Å²) in [6.45, 7) is 7.63. The second-order valence-electron chi connectivity index (χ2n) is 7.31. The minimum Gasteiger partial charge on any atom is -0.494 e. The molecule has 2 aromatic carbocycles. The van der Waals surface area contributed by atoms with Gasteiger partial charge in [-0.3, -0.25) is 10.1 Å². The van der Waals surface area contributed by atoms with E-state index in [2.05, 4.69) is 47.3 Å². The number of anilines is 1. The highest BCUT2D eigenvalue weighted by atomic mass is 79.9. The summed E-state index contributed by atoms with van der Waals surface area (Å²) in [5, 5.41) is 5.96. The van der Waals surface area contributed by atoms with E-state index in [9.17, 15) is 4.79 Å². The quantitative estimate of drug-likeness (QED) is 0.306. The largest absolute Gasteiger partial charge is 0.494 e. The Morgan fingerprint density at radius 2 is 1.93 bits per heavy atom. The topological polar surface area (TPSA) is 59.6 Å². The van der Waals surface area contributed by atoms with Crippen molar-refractivity contribution in [1.29, 1.82) is 0 Å². The predicted octanol–water partition coefficient (Wildman–Crippen LogP) is 6.18. The van der Waals surface area contributed by atoms with Crippen LogP contribution in [0.3, 0.4) is 0 Å². The van der Waals surface area contributed by atoms with Crippen LogP contribution in [0.4, 0.5) is 5.69 Å². The number of benzene rings is 2. The van der Waals surface area contributed by atoms with Gasteiger partial charge in [0.2, 0.25) is 0 Å². The molecule has 0 spiro atoms. The lowest BCUT2D eigenvalue weighted by Gasteiger charge is -2.14. The van der Waals surface area contributed by atoms with Gasteiger partial charge >= 0.3 is 0 Å². The van der Waals surface area contributed by atoms with Gasteiger partial charge in [-0.25, -0.2) is 0 Å². The van der Waals surface area contributed by atoms with Crippen LogP contribution < -0.4 is 20.1 Å². The van der Waals surface area contributed by atoms with Crippen LogP contribution in [0.1, 0.15) is 50.4 Å². The van der Waals surface area contributed by atoms with Crippen LogP contribution in [0.15, 0.2) is 46.9 Å². The van der Waals surface area contributed by atoms with Crippen molar-refractivity contribution in [3.8, 4) is 11.5 Å². The summed E-state index contributed by atoms with van der Waals surface area (Å²) in [4.78, 5) is 12.8. The standard InChI is InChI=1S/C23H29BrN2O3S/c1-4-5-12-29-21-10-9-17(24)14-20(21)22(27)26-23(30)25-18-7-6-8-19(15-18)28-13-11-16(2)3/h6-10,14-16H,4-5,11-13H2,1-3H3,(H2,25,26,27,30). The average Bonchev–Trinajstić information content (AvgIpc) is 2.69. The third kappa shape index (κ3) is 8.32. The number of unbranched alkanes of at least 4 members (excludes halogenated alkanes) is 1. The van der Waals surface area contributed by atoms with Gasteiger partial charge in [-0.2, -0.15) is 0 Å². The van der Waals surface area contributed by atoms with Crippen molar-refractivity contribution in [3.63, 3.8) is 0 Å². The molecular formula is C23H29BrN2O3S. The minimum absolute atomic E-state index is 0.207.